The lowest BCUT2D eigenvalue weighted by atomic mass is 9.41. The minimum atomic E-state index is -1.61. The lowest BCUT2D eigenvalue weighted by Crippen LogP contribution is -2.64. The molecule has 54 heavy (non-hydrogen) atoms. The molecule has 3 aliphatic heterocycles. The van der Waals surface area contributed by atoms with Crippen molar-refractivity contribution >= 4 is 0 Å². The van der Waals surface area contributed by atoms with Crippen molar-refractivity contribution in [3.8, 4) is 0 Å². The molecule has 310 valence electrons. The molecule has 8 rings (SSSR count). The molecule has 8 fully saturated rings. The Bertz CT molecular complexity index is 1440. The van der Waals surface area contributed by atoms with Crippen molar-refractivity contribution in [1.29, 1.82) is 0 Å². The second-order valence-electron chi connectivity index (χ2n) is 21.0. The second-order valence-corrected chi connectivity index (χ2v) is 21.0. The van der Waals surface area contributed by atoms with Crippen LogP contribution in [0.5, 0.6) is 0 Å². The molecule has 5 saturated carbocycles. The van der Waals surface area contributed by atoms with Gasteiger partial charge in [-0.25, -0.2) is 0 Å². The van der Waals surface area contributed by atoms with Crippen LogP contribution >= 0.6 is 0 Å². The van der Waals surface area contributed by atoms with Crippen molar-refractivity contribution < 1.29 is 64.5 Å². The van der Waals surface area contributed by atoms with Crippen LogP contribution in [0.15, 0.2) is 0 Å². The maximum Gasteiger partial charge on any atom is 0.187 e. The Morgan fingerprint density at radius 3 is 2.06 bits per heavy atom. The fourth-order valence-electron chi connectivity index (χ4n) is 14.8. The molecule has 3 heterocycles. The summed E-state index contributed by atoms with van der Waals surface area (Å²) < 4.78 is 31.1. The summed E-state index contributed by atoms with van der Waals surface area (Å²) in [6.45, 7) is 16.1. The van der Waals surface area contributed by atoms with E-state index in [-0.39, 0.29) is 58.2 Å². The van der Waals surface area contributed by atoms with Crippen molar-refractivity contribution in [1.82, 2.24) is 0 Å². The summed E-state index contributed by atoms with van der Waals surface area (Å²) in [6, 6.07) is 0. The molecule has 0 unspecified atom stereocenters. The average Bonchev–Trinajstić information content (AvgIpc) is 3.44. The quantitative estimate of drug-likeness (QED) is 0.182. The zero-order valence-electron chi connectivity index (χ0n) is 33.4. The summed E-state index contributed by atoms with van der Waals surface area (Å²) in [6.07, 6.45) is -6.30. The van der Waals surface area contributed by atoms with Crippen LogP contribution in [0.3, 0.4) is 0 Å². The smallest absolute Gasteiger partial charge is 0.187 e. The van der Waals surface area contributed by atoms with Crippen LogP contribution in [0.2, 0.25) is 0 Å². The lowest BCUT2D eigenvalue weighted by molar-refractivity contribution is -0.363. The summed E-state index contributed by atoms with van der Waals surface area (Å²) in [5.74, 6) is 0.0427. The molecule has 13 heteroatoms. The van der Waals surface area contributed by atoms with Gasteiger partial charge in [0.05, 0.1) is 48.3 Å². The Kier molecular flexibility index (Phi) is 9.50. The SMILES string of the molecule is C[C@@H]1O[C@@H](O[C@H]2[C@H](O[C@H]3CC[C@]45C[C@]46CC[C@]4(C)[C@@H]([C@]7(C)CC[C@H](C(C)(C)O)O7)[C@@H](O)C[C@@]4(C)[C@@H]6[C@@H](O)C[C@H]5C3(C)C)OC[C@@H](O)[C@@H]2O)[C@H](O)[C@H](O)[C@H]1O. The van der Waals surface area contributed by atoms with Gasteiger partial charge in [-0.15, -0.1) is 0 Å². The summed E-state index contributed by atoms with van der Waals surface area (Å²) >= 11 is 0. The molecule has 0 bridgehead atoms. The Labute approximate surface area is 319 Å². The van der Waals surface area contributed by atoms with Crippen molar-refractivity contribution in [2.45, 2.75) is 204 Å². The summed E-state index contributed by atoms with van der Waals surface area (Å²) in [7, 11) is 0. The standard InChI is InChI=1S/C41H68O13/c1-19-26(45)28(47)29(48)33(51-19)53-30-27(46)22(44)17-50-34(30)52-24-10-12-40-18-41(40)14-13-37(6)31(39(8)11-9-25(54-39)36(4,5)49)21(43)16-38(37,7)32(41)20(42)15-23(40)35(24,2)3/h19-34,42-49H,9-18H2,1-8H3/t19-,20-,21-,22+,23-,24-,25+,26-,27-,28+,29+,30+,31-,32-,33-,34-,37+,38-,39-,40+,41-/m0/s1. The number of hydrogen-bond acceptors (Lipinski definition) is 13. The van der Waals surface area contributed by atoms with E-state index in [4.69, 9.17) is 23.7 Å². The fraction of sp³-hybridized carbons (Fsp3) is 1.00. The van der Waals surface area contributed by atoms with Gasteiger partial charge >= 0.3 is 0 Å². The molecule has 0 radical (unpaired) electrons. The predicted octanol–water partition coefficient (Wildman–Crippen LogP) is 1.75. The highest BCUT2D eigenvalue weighted by Crippen LogP contribution is 2.89. The van der Waals surface area contributed by atoms with E-state index >= 15 is 0 Å². The zero-order valence-corrected chi connectivity index (χ0v) is 33.4. The molecule has 3 saturated heterocycles. The van der Waals surface area contributed by atoms with E-state index in [0.717, 1.165) is 38.5 Å². The molecule has 8 N–H and O–H groups in total. The Morgan fingerprint density at radius 2 is 1.39 bits per heavy atom. The molecule has 2 spiro atoms. The van der Waals surface area contributed by atoms with E-state index in [1.807, 2.05) is 0 Å². The third-order valence-electron chi connectivity index (χ3n) is 17.6. The van der Waals surface area contributed by atoms with Crippen molar-refractivity contribution in [3.05, 3.63) is 0 Å². The molecule has 0 amide bonds. The number of aliphatic hydroxyl groups excluding tert-OH is 7. The zero-order chi connectivity index (χ0) is 39.3. The maximum absolute atomic E-state index is 12.5. The largest absolute Gasteiger partial charge is 0.393 e. The number of rotatable bonds is 6. The minimum Gasteiger partial charge on any atom is -0.393 e. The summed E-state index contributed by atoms with van der Waals surface area (Å²) in [4.78, 5) is 0. The highest BCUT2D eigenvalue weighted by Gasteiger charge is 2.85. The van der Waals surface area contributed by atoms with Crippen molar-refractivity contribution in [2.24, 2.45) is 44.8 Å². The van der Waals surface area contributed by atoms with Gasteiger partial charge in [0.15, 0.2) is 12.6 Å². The maximum atomic E-state index is 12.5. The van der Waals surface area contributed by atoms with E-state index in [9.17, 15) is 40.9 Å². The Morgan fingerprint density at radius 1 is 0.685 bits per heavy atom. The van der Waals surface area contributed by atoms with E-state index in [1.54, 1.807) is 20.8 Å². The van der Waals surface area contributed by atoms with Gasteiger partial charge in [0.25, 0.3) is 0 Å². The van der Waals surface area contributed by atoms with Crippen LogP contribution in [0.25, 0.3) is 0 Å². The van der Waals surface area contributed by atoms with Crippen LogP contribution in [0.1, 0.15) is 113 Å². The van der Waals surface area contributed by atoms with Crippen LogP contribution in [-0.4, -0.2) is 138 Å². The first-order valence-electron chi connectivity index (χ1n) is 20.7. The van der Waals surface area contributed by atoms with E-state index in [2.05, 4.69) is 34.6 Å². The lowest BCUT2D eigenvalue weighted by Gasteiger charge is -2.65. The molecule has 8 aliphatic rings. The number of hydrogen-bond donors (Lipinski definition) is 8. The fourth-order valence-corrected chi connectivity index (χ4v) is 14.8. The second kappa shape index (κ2) is 12.7. The molecule has 0 aromatic rings. The predicted molar refractivity (Wildman–Crippen MR) is 192 cm³/mol. The summed E-state index contributed by atoms with van der Waals surface area (Å²) in [5.41, 5.74) is -2.59. The first-order valence-corrected chi connectivity index (χ1v) is 20.7. The van der Waals surface area contributed by atoms with Gasteiger partial charge < -0.3 is 64.5 Å². The molecule has 5 aliphatic carbocycles. The monoisotopic (exact) mass is 768 g/mol. The topological polar surface area (TPSA) is 208 Å². The molecular weight excluding hydrogens is 700 g/mol. The Balaban J connectivity index is 1.02. The first kappa shape index (κ1) is 40.3. The number of ether oxygens (including phenoxy) is 5. The van der Waals surface area contributed by atoms with Crippen LogP contribution < -0.4 is 0 Å². The molecule has 0 aromatic heterocycles. The van der Waals surface area contributed by atoms with Gasteiger partial charge in [0.1, 0.15) is 36.6 Å². The molecule has 13 nitrogen and oxygen atoms in total. The third-order valence-corrected chi connectivity index (χ3v) is 17.6. The van der Waals surface area contributed by atoms with Gasteiger partial charge in [-0.05, 0) is 124 Å². The van der Waals surface area contributed by atoms with Gasteiger partial charge in [-0.2, -0.15) is 0 Å². The molecule has 0 aromatic carbocycles. The molecule has 21 atom stereocenters. The molecular formula is C41H68O13. The van der Waals surface area contributed by atoms with Crippen LogP contribution in [0.4, 0.5) is 0 Å². The van der Waals surface area contributed by atoms with Gasteiger partial charge in [-0.1, -0.05) is 27.7 Å². The highest BCUT2D eigenvalue weighted by molar-refractivity contribution is 5.33. The Hall–Kier alpha value is -0.520. The normalized spacial score (nSPS) is 59.6. The van der Waals surface area contributed by atoms with Crippen molar-refractivity contribution in [2.75, 3.05) is 6.61 Å². The highest BCUT2D eigenvalue weighted by atomic mass is 16.8. The third kappa shape index (κ3) is 5.43. The van der Waals surface area contributed by atoms with E-state index in [1.165, 1.54) is 0 Å². The summed E-state index contributed by atoms with van der Waals surface area (Å²) in [5, 5.41) is 88.2. The van der Waals surface area contributed by atoms with E-state index < -0.39 is 84.1 Å². The van der Waals surface area contributed by atoms with Crippen LogP contribution in [0, 0.1) is 44.8 Å². The van der Waals surface area contributed by atoms with E-state index in [0.29, 0.717) is 19.3 Å². The van der Waals surface area contributed by atoms with Crippen LogP contribution in [-0.2, 0) is 23.7 Å². The average molecular weight is 769 g/mol. The number of aliphatic hydroxyl groups is 8. The first-order chi connectivity index (χ1) is 25.0. The van der Waals surface area contributed by atoms with Gasteiger partial charge in [0.2, 0.25) is 0 Å². The van der Waals surface area contributed by atoms with Gasteiger partial charge in [0, 0.05) is 5.92 Å². The van der Waals surface area contributed by atoms with Gasteiger partial charge in [-0.3, -0.25) is 0 Å². The minimum absolute atomic E-state index is 0.0135. The van der Waals surface area contributed by atoms with Crippen molar-refractivity contribution in [3.63, 3.8) is 0 Å². The number of fused-ring (bicyclic) bond motifs is 2.